The van der Waals surface area contributed by atoms with Crippen LogP contribution in [0.4, 0.5) is 11.4 Å². The van der Waals surface area contributed by atoms with E-state index in [4.69, 9.17) is 4.74 Å². The molecular weight excluding hydrogens is 392 g/mol. The Morgan fingerprint density at radius 3 is 2.29 bits per heavy atom. The maximum atomic E-state index is 12.5. The van der Waals surface area contributed by atoms with Gasteiger partial charge in [-0.2, -0.15) is 0 Å². The third-order valence-electron chi connectivity index (χ3n) is 5.39. The highest BCUT2D eigenvalue weighted by molar-refractivity contribution is 5.92. The van der Waals surface area contributed by atoms with E-state index in [2.05, 4.69) is 15.5 Å². The minimum absolute atomic E-state index is 0.0776. The molecule has 0 saturated carbocycles. The van der Waals surface area contributed by atoms with Crippen LogP contribution in [-0.4, -0.2) is 62.7 Å². The smallest absolute Gasteiger partial charge is 0.238 e. The predicted octanol–water partition coefficient (Wildman–Crippen LogP) is 2.66. The molecule has 1 aliphatic heterocycles. The van der Waals surface area contributed by atoms with Crippen LogP contribution >= 0.6 is 0 Å². The van der Waals surface area contributed by atoms with Crippen molar-refractivity contribution in [3.05, 3.63) is 60.2 Å². The van der Waals surface area contributed by atoms with Gasteiger partial charge in [-0.25, -0.2) is 0 Å². The van der Waals surface area contributed by atoms with Crippen LogP contribution in [-0.2, 0) is 14.3 Å². The van der Waals surface area contributed by atoms with Crippen molar-refractivity contribution in [3.63, 3.8) is 0 Å². The van der Waals surface area contributed by atoms with Crippen molar-refractivity contribution >= 4 is 23.2 Å². The van der Waals surface area contributed by atoms with Crippen molar-refractivity contribution in [3.8, 4) is 0 Å². The molecule has 7 heteroatoms. The highest BCUT2D eigenvalue weighted by Crippen LogP contribution is 2.19. The van der Waals surface area contributed by atoms with Crippen molar-refractivity contribution in [1.82, 2.24) is 10.2 Å². The number of amides is 2. The van der Waals surface area contributed by atoms with Gasteiger partial charge in [0.15, 0.2) is 0 Å². The summed E-state index contributed by atoms with van der Waals surface area (Å²) in [4.78, 5) is 29.0. The normalized spacial score (nSPS) is 14.9. The Balaban J connectivity index is 1.46. The summed E-state index contributed by atoms with van der Waals surface area (Å²) in [5, 5.41) is 5.92. The molecule has 0 bridgehead atoms. The highest BCUT2D eigenvalue weighted by atomic mass is 16.5. The van der Waals surface area contributed by atoms with Crippen molar-refractivity contribution in [1.29, 1.82) is 0 Å². The molecule has 166 valence electrons. The Morgan fingerprint density at radius 1 is 1.00 bits per heavy atom. The SMILES string of the molecule is CCN(CC(=O)Nc1ccc(N2CCOCC2)cc1)CC(=O)NC(C)c1ccccc1. The minimum Gasteiger partial charge on any atom is -0.378 e. The topological polar surface area (TPSA) is 73.9 Å². The molecule has 3 rings (SSSR count). The lowest BCUT2D eigenvalue weighted by molar-refractivity contribution is -0.123. The number of benzene rings is 2. The minimum atomic E-state index is -0.134. The van der Waals surface area contributed by atoms with Crippen LogP contribution in [0.15, 0.2) is 54.6 Å². The molecule has 1 fully saturated rings. The largest absolute Gasteiger partial charge is 0.378 e. The lowest BCUT2D eigenvalue weighted by Gasteiger charge is -2.29. The number of rotatable bonds is 9. The summed E-state index contributed by atoms with van der Waals surface area (Å²) >= 11 is 0. The Hall–Kier alpha value is -2.90. The second kappa shape index (κ2) is 11.5. The van der Waals surface area contributed by atoms with Crippen molar-refractivity contribution < 1.29 is 14.3 Å². The lowest BCUT2D eigenvalue weighted by Crippen LogP contribution is -2.41. The molecule has 1 aliphatic rings. The summed E-state index contributed by atoms with van der Waals surface area (Å²) in [6.45, 7) is 8.08. The maximum absolute atomic E-state index is 12.5. The monoisotopic (exact) mass is 424 g/mol. The van der Waals surface area contributed by atoms with Gasteiger partial charge in [0.2, 0.25) is 11.8 Å². The maximum Gasteiger partial charge on any atom is 0.238 e. The van der Waals surface area contributed by atoms with Gasteiger partial charge in [0.25, 0.3) is 0 Å². The zero-order valence-corrected chi connectivity index (χ0v) is 18.3. The highest BCUT2D eigenvalue weighted by Gasteiger charge is 2.16. The van der Waals surface area contributed by atoms with Crippen LogP contribution < -0.4 is 15.5 Å². The molecule has 2 N–H and O–H groups in total. The fourth-order valence-electron chi connectivity index (χ4n) is 3.58. The van der Waals surface area contributed by atoms with Gasteiger partial charge in [-0.15, -0.1) is 0 Å². The van der Waals surface area contributed by atoms with Crippen LogP contribution in [0.2, 0.25) is 0 Å². The summed E-state index contributed by atoms with van der Waals surface area (Å²) in [6, 6.07) is 17.6. The molecule has 2 aromatic carbocycles. The molecule has 2 aromatic rings. The van der Waals surface area contributed by atoms with Crippen LogP contribution in [0.25, 0.3) is 0 Å². The number of nitrogens with zero attached hydrogens (tertiary/aromatic N) is 2. The number of morpholine rings is 1. The first-order valence-electron chi connectivity index (χ1n) is 10.8. The van der Waals surface area contributed by atoms with E-state index >= 15 is 0 Å². The quantitative estimate of drug-likeness (QED) is 0.648. The summed E-state index contributed by atoms with van der Waals surface area (Å²) in [5.41, 5.74) is 2.93. The van der Waals surface area contributed by atoms with E-state index < -0.39 is 0 Å². The van der Waals surface area contributed by atoms with Gasteiger partial charge in [-0.05, 0) is 43.3 Å². The summed E-state index contributed by atoms with van der Waals surface area (Å²) in [7, 11) is 0. The van der Waals surface area contributed by atoms with E-state index in [1.54, 1.807) is 0 Å². The molecule has 1 heterocycles. The van der Waals surface area contributed by atoms with Gasteiger partial charge in [-0.3, -0.25) is 14.5 Å². The second-order valence-corrected chi connectivity index (χ2v) is 7.70. The van der Waals surface area contributed by atoms with E-state index in [9.17, 15) is 9.59 Å². The molecule has 7 nitrogen and oxygen atoms in total. The molecule has 0 spiro atoms. The van der Waals surface area contributed by atoms with E-state index in [0.717, 1.165) is 43.2 Å². The third kappa shape index (κ3) is 7.08. The zero-order chi connectivity index (χ0) is 22.1. The molecule has 1 unspecified atom stereocenters. The van der Waals surface area contributed by atoms with Crippen LogP contribution in [0.5, 0.6) is 0 Å². The van der Waals surface area contributed by atoms with Crippen molar-refractivity contribution in [2.75, 3.05) is 56.2 Å². The van der Waals surface area contributed by atoms with Crippen molar-refractivity contribution in [2.24, 2.45) is 0 Å². The van der Waals surface area contributed by atoms with Gasteiger partial charge < -0.3 is 20.3 Å². The average Bonchev–Trinajstić information content (AvgIpc) is 2.80. The number of nitrogens with one attached hydrogen (secondary N) is 2. The van der Waals surface area contributed by atoms with Crippen LogP contribution in [0.1, 0.15) is 25.5 Å². The Labute approximate surface area is 184 Å². The molecule has 31 heavy (non-hydrogen) atoms. The summed E-state index contributed by atoms with van der Waals surface area (Å²) < 4.78 is 5.38. The van der Waals surface area contributed by atoms with E-state index in [-0.39, 0.29) is 30.9 Å². The fraction of sp³-hybridized carbons (Fsp3) is 0.417. The number of hydrogen-bond donors (Lipinski definition) is 2. The number of anilines is 2. The Kier molecular flexibility index (Phi) is 8.44. The lowest BCUT2D eigenvalue weighted by atomic mass is 10.1. The van der Waals surface area contributed by atoms with Gasteiger partial charge in [0.05, 0.1) is 32.3 Å². The number of hydrogen-bond acceptors (Lipinski definition) is 5. The van der Waals surface area contributed by atoms with E-state index in [1.165, 1.54) is 0 Å². The number of ether oxygens (including phenoxy) is 1. The predicted molar refractivity (Wildman–Crippen MR) is 123 cm³/mol. The molecule has 1 saturated heterocycles. The number of carbonyl (C=O) groups is 2. The first kappa shape index (κ1) is 22.8. The fourth-order valence-corrected chi connectivity index (χ4v) is 3.58. The third-order valence-corrected chi connectivity index (χ3v) is 5.39. The summed E-state index contributed by atoms with van der Waals surface area (Å²) in [5.74, 6) is -0.231. The first-order valence-corrected chi connectivity index (χ1v) is 10.8. The standard InChI is InChI=1S/C24H32N4O3/c1-3-27(17-23(29)25-19(2)20-7-5-4-6-8-20)18-24(30)26-21-9-11-22(12-10-21)28-13-15-31-16-14-28/h4-12,19H,3,13-18H2,1-2H3,(H,25,29)(H,26,30). The molecule has 0 aliphatic carbocycles. The first-order chi connectivity index (χ1) is 15.0. The van der Waals surface area contributed by atoms with E-state index in [1.807, 2.05) is 73.3 Å². The van der Waals surface area contributed by atoms with Crippen molar-refractivity contribution in [2.45, 2.75) is 19.9 Å². The van der Waals surface area contributed by atoms with Gasteiger partial charge in [0.1, 0.15) is 0 Å². The molecule has 2 amide bonds. The zero-order valence-electron chi connectivity index (χ0n) is 18.3. The van der Waals surface area contributed by atoms with Gasteiger partial charge >= 0.3 is 0 Å². The molecular formula is C24H32N4O3. The van der Waals surface area contributed by atoms with Gasteiger partial charge in [0, 0.05) is 24.5 Å². The summed E-state index contributed by atoms with van der Waals surface area (Å²) in [6.07, 6.45) is 0. The Morgan fingerprint density at radius 2 is 1.65 bits per heavy atom. The molecule has 1 atom stereocenters. The average molecular weight is 425 g/mol. The second-order valence-electron chi connectivity index (χ2n) is 7.70. The number of likely N-dealkylation sites (N-methyl/N-ethyl adjacent to an activating group) is 1. The molecule has 0 aromatic heterocycles. The van der Waals surface area contributed by atoms with Crippen LogP contribution in [0.3, 0.4) is 0 Å². The Bertz CT molecular complexity index is 836. The van der Waals surface area contributed by atoms with Crippen LogP contribution in [0, 0.1) is 0 Å². The number of carbonyl (C=O) groups excluding carboxylic acids is 2. The van der Waals surface area contributed by atoms with E-state index in [0.29, 0.717) is 6.54 Å². The molecule has 0 radical (unpaired) electrons. The van der Waals surface area contributed by atoms with Gasteiger partial charge in [-0.1, -0.05) is 37.3 Å².